The molecule has 0 spiro atoms. The molecule has 0 aliphatic rings. The van der Waals surface area contributed by atoms with E-state index in [4.69, 9.17) is 0 Å². The molecule has 0 amide bonds. The molecule has 0 aliphatic carbocycles. The van der Waals surface area contributed by atoms with Crippen molar-refractivity contribution in [1.29, 1.82) is 0 Å². The van der Waals surface area contributed by atoms with Gasteiger partial charge >= 0.3 is 0 Å². The Labute approximate surface area is 138 Å². The first kappa shape index (κ1) is 15.3. The fourth-order valence-corrected chi connectivity index (χ4v) is 3.18. The molecule has 4 aromatic carbocycles. The van der Waals surface area contributed by atoms with Crippen molar-refractivity contribution in [3.8, 4) is 11.1 Å². The Morgan fingerprint density at radius 2 is 1.09 bits per heavy atom. The van der Waals surface area contributed by atoms with Crippen LogP contribution in [0.3, 0.4) is 0 Å². The highest BCUT2D eigenvalue weighted by atomic mass is 14.1. The van der Waals surface area contributed by atoms with E-state index >= 15 is 0 Å². The van der Waals surface area contributed by atoms with Gasteiger partial charge in [0.15, 0.2) is 0 Å². The number of hydrogen-bond acceptors (Lipinski definition) is 0. The number of rotatable bonds is 1. The third-order valence-corrected chi connectivity index (χ3v) is 4.20. The van der Waals surface area contributed by atoms with Crippen LogP contribution in [-0.2, 0) is 0 Å². The molecule has 0 nitrogen and oxygen atoms in total. The standard InChI is InChI=1S/C21H16.C2H6/c1-15-13-14-17-8-3-5-11-19(17)21(15)20-12-6-9-16-7-2-4-10-18(16)20;1-2/h2-14H,1H3;1-2H3. The summed E-state index contributed by atoms with van der Waals surface area (Å²) in [5, 5.41) is 5.24. The monoisotopic (exact) mass is 298 g/mol. The van der Waals surface area contributed by atoms with Gasteiger partial charge in [-0.3, -0.25) is 0 Å². The van der Waals surface area contributed by atoms with E-state index in [1.54, 1.807) is 0 Å². The second-order valence-electron chi connectivity index (χ2n) is 5.51. The van der Waals surface area contributed by atoms with Gasteiger partial charge in [-0.1, -0.05) is 92.7 Å². The third-order valence-electron chi connectivity index (χ3n) is 4.20. The van der Waals surface area contributed by atoms with E-state index in [2.05, 4.69) is 85.8 Å². The quantitative estimate of drug-likeness (QED) is 0.355. The molecule has 0 unspecified atom stereocenters. The molecule has 0 fully saturated rings. The fraction of sp³-hybridized carbons (Fsp3) is 0.130. The zero-order chi connectivity index (χ0) is 16.2. The van der Waals surface area contributed by atoms with E-state index in [0.717, 1.165) is 0 Å². The molecule has 4 aromatic rings. The molecule has 0 N–H and O–H groups in total. The summed E-state index contributed by atoms with van der Waals surface area (Å²) in [5.41, 5.74) is 4.00. The van der Waals surface area contributed by atoms with E-state index < -0.39 is 0 Å². The highest BCUT2D eigenvalue weighted by Gasteiger charge is 2.09. The van der Waals surface area contributed by atoms with Crippen LogP contribution in [0.1, 0.15) is 19.4 Å². The normalized spacial score (nSPS) is 10.4. The second kappa shape index (κ2) is 6.66. The van der Waals surface area contributed by atoms with Crippen molar-refractivity contribution in [3.63, 3.8) is 0 Å². The van der Waals surface area contributed by atoms with Crippen LogP contribution >= 0.6 is 0 Å². The van der Waals surface area contributed by atoms with Gasteiger partial charge in [0.05, 0.1) is 0 Å². The Morgan fingerprint density at radius 3 is 1.83 bits per heavy atom. The van der Waals surface area contributed by atoms with Gasteiger partial charge < -0.3 is 0 Å². The first-order valence-electron chi connectivity index (χ1n) is 8.31. The molecule has 0 aromatic heterocycles. The summed E-state index contributed by atoms with van der Waals surface area (Å²) < 4.78 is 0. The third kappa shape index (κ3) is 2.73. The largest absolute Gasteiger partial charge is 0.0683 e. The van der Waals surface area contributed by atoms with E-state index in [1.165, 1.54) is 38.2 Å². The van der Waals surface area contributed by atoms with Crippen molar-refractivity contribution >= 4 is 21.5 Å². The zero-order valence-electron chi connectivity index (χ0n) is 14.0. The highest BCUT2D eigenvalue weighted by molar-refractivity contribution is 6.06. The fourth-order valence-electron chi connectivity index (χ4n) is 3.18. The number of hydrogen-bond donors (Lipinski definition) is 0. The van der Waals surface area contributed by atoms with Crippen LogP contribution in [0.15, 0.2) is 78.9 Å². The smallest absolute Gasteiger partial charge is 0.00699 e. The van der Waals surface area contributed by atoms with Crippen molar-refractivity contribution in [3.05, 3.63) is 84.4 Å². The van der Waals surface area contributed by atoms with Crippen LogP contribution < -0.4 is 0 Å². The molecule has 0 saturated heterocycles. The van der Waals surface area contributed by atoms with Crippen molar-refractivity contribution in [2.75, 3.05) is 0 Å². The molecule has 0 heteroatoms. The van der Waals surface area contributed by atoms with Gasteiger partial charge in [0.2, 0.25) is 0 Å². The van der Waals surface area contributed by atoms with Gasteiger partial charge in [-0.2, -0.15) is 0 Å². The summed E-state index contributed by atoms with van der Waals surface area (Å²) >= 11 is 0. The maximum atomic E-state index is 2.23. The molecule has 0 bridgehead atoms. The van der Waals surface area contributed by atoms with Gasteiger partial charge in [0.25, 0.3) is 0 Å². The summed E-state index contributed by atoms with van der Waals surface area (Å²) in [4.78, 5) is 0. The van der Waals surface area contributed by atoms with Crippen LogP contribution in [0.2, 0.25) is 0 Å². The molecule has 0 heterocycles. The Morgan fingerprint density at radius 1 is 0.522 bits per heavy atom. The predicted molar refractivity (Wildman–Crippen MR) is 103 cm³/mol. The summed E-state index contributed by atoms with van der Waals surface area (Å²) in [6.07, 6.45) is 0. The lowest BCUT2D eigenvalue weighted by Crippen LogP contribution is -1.87. The first-order chi connectivity index (χ1) is 11.3. The minimum atomic E-state index is 1.29. The summed E-state index contributed by atoms with van der Waals surface area (Å²) in [6, 6.07) is 28.2. The van der Waals surface area contributed by atoms with E-state index in [-0.39, 0.29) is 0 Å². The van der Waals surface area contributed by atoms with Crippen LogP contribution in [-0.4, -0.2) is 0 Å². The van der Waals surface area contributed by atoms with Crippen LogP contribution in [0.5, 0.6) is 0 Å². The Hall–Kier alpha value is -2.60. The SMILES string of the molecule is CC.Cc1ccc2ccccc2c1-c1cccc2ccccc12. The highest BCUT2D eigenvalue weighted by Crippen LogP contribution is 2.36. The van der Waals surface area contributed by atoms with Gasteiger partial charge in [0, 0.05) is 0 Å². The van der Waals surface area contributed by atoms with Gasteiger partial charge in [0.1, 0.15) is 0 Å². The molecule has 0 saturated carbocycles. The Balaban J connectivity index is 0.000000753. The maximum Gasteiger partial charge on any atom is -0.00699 e. The van der Waals surface area contributed by atoms with Crippen molar-refractivity contribution in [1.82, 2.24) is 0 Å². The van der Waals surface area contributed by atoms with Gasteiger partial charge in [-0.25, -0.2) is 0 Å². The lowest BCUT2D eigenvalue weighted by atomic mass is 9.91. The lowest BCUT2D eigenvalue weighted by molar-refractivity contribution is 1.50. The minimum absolute atomic E-state index is 1.29. The predicted octanol–water partition coefficient (Wildman–Crippen LogP) is 6.99. The molecular formula is C23H22. The summed E-state index contributed by atoms with van der Waals surface area (Å²) in [5.74, 6) is 0. The van der Waals surface area contributed by atoms with Crippen molar-refractivity contribution in [2.45, 2.75) is 20.8 Å². The van der Waals surface area contributed by atoms with Gasteiger partial charge in [-0.15, -0.1) is 0 Å². The molecule has 114 valence electrons. The van der Waals surface area contributed by atoms with Crippen LogP contribution in [0.4, 0.5) is 0 Å². The minimum Gasteiger partial charge on any atom is -0.0683 e. The molecule has 23 heavy (non-hydrogen) atoms. The van der Waals surface area contributed by atoms with E-state index in [1.807, 2.05) is 13.8 Å². The van der Waals surface area contributed by atoms with Crippen LogP contribution in [0, 0.1) is 6.92 Å². The summed E-state index contributed by atoms with van der Waals surface area (Å²) in [6.45, 7) is 6.20. The lowest BCUT2D eigenvalue weighted by Gasteiger charge is -2.13. The Kier molecular flexibility index (Phi) is 4.43. The average molecular weight is 298 g/mol. The maximum absolute atomic E-state index is 2.23. The molecule has 4 rings (SSSR count). The van der Waals surface area contributed by atoms with Crippen molar-refractivity contribution < 1.29 is 0 Å². The second-order valence-corrected chi connectivity index (χ2v) is 5.51. The summed E-state index contributed by atoms with van der Waals surface area (Å²) in [7, 11) is 0. The van der Waals surface area contributed by atoms with E-state index in [9.17, 15) is 0 Å². The average Bonchev–Trinajstić information content (AvgIpc) is 2.63. The molecular weight excluding hydrogens is 276 g/mol. The number of aryl methyl sites for hydroxylation is 1. The molecule has 0 radical (unpaired) electrons. The van der Waals surface area contributed by atoms with Crippen LogP contribution in [0.25, 0.3) is 32.7 Å². The molecule has 0 atom stereocenters. The zero-order valence-corrected chi connectivity index (χ0v) is 14.0. The topological polar surface area (TPSA) is 0 Å². The van der Waals surface area contributed by atoms with E-state index in [0.29, 0.717) is 0 Å². The molecule has 0 aliphatic heterocycles. The number of fused-ring (bicyclic) bond motifs is 2. The number of benzene rings is 4. The van der Waals surface area contributed by atoms with Crippen molar-refractivity contribution in [2.24, 2.45) is 0 Å². The van der Waals surface area contributed by atoms with Gasteiger partial charge in [-0.05, 0) is 45.2 Å². The first-order valence-corrected chi connectivity index (χ1v) is 8.31. The Bertz CT molecular complexity index is 943.